The van der Waals surface area contributed by atoms with Crippen LogP contribution in [0.1, 0.15) is 6.92 Å². The van der Waals surface area contributed by atoms with Gasteiger partial charge in [-0.25, -0.2) is 0 Å². The molecule has 1 rings (SSSR count). The molecule has 0 aromatic carbocycles. The lowest BCUT2D eigenvalue weighted by Crippen LogP contribution is -2.28. The number of hydrogen-bond acceptors (Lipinski definition) is 2. The number of alkyl halides is 3. The summed E-state index contributed by atoms with van der Waals surface area (Å²) in [5.74, 6) is -0.513. The molecule has 0 amide bonds. The highest BCUT2D eigenvalue weighted by Crippen LogP contribution is 2.26. The highest BCUT2D eigenvalue weighted by molar-refractivity contribution is 5.20. The van der Waals surface area contributed by atoms with Gasteiger partial charge in [0.05, 0.1) is 6.10 Å². The third-order valence-corrected chi connectivity index (χ3v) is 1.68. The molecule has 0 saturated heterocycles. The number of aliphatic hydroxyl groups is 1. The van der Waals surface area contributed by atoms with Crippen molar-refractivity contribution in [1.82, 2.24) is 0 Å². The van der Waals surface area contributed by atoms with Gasteiger partial charge in [0.1, 0.15) is 5.76 Å². The van der Waals surface area contributed by atoms with Crippen LogP contribution in [-0.2, 0) is 4.74 Å². The fraction of sp³-hybridized carbons (Fsp3) is 0.500. The molecule has 0 aliphatic heterocycles. The van der Waals surface area contributed by atoms with Gasteiger partial charge in [-0.1, -0.05) is 13.0 Å². The maximum absolute atomic E-state index is 11.8. The van der Waals surface area contributed by atoms with Gasteiger partial charge < -0.3 is 5.11 Å². The largest absolute Gasteiger partial charge is 0.523 e. The maximum atomic E-state index is 11.8. The lowest BCUT2D eigenvalue weighted by molar-refractivity contribution is -0.339. The fourth-order valence-corrected chi connectivity index (χ4v) is 1.09. The number of aliphatic hydroxyl groups excluding tert-OH is 1. The summed E-state index contributed by atoms with van der Waals surface area (Å²) < 4.78 is 39.1. The second-order valence-corrected chi connectivity index (χ2v) is 2.84. The lowest BCUT2D eigenvalue weighted by Gasteiger charge is -2.22. The summed E-state index contributed by atoms with van der Waals surface area (Å²) in [6, 6.07) is 0. The standard InChI is InChI=1S/C8H9F3O2/c1-5-4-6(12)2-3-7(5)13-8(9,10)11/h2-5,7,12H,1H3. The zero-order chi connectivity index (χ0) is 10.1. The molecule has 2 atom stereocenters. The Hall–Kier alpha value is -0.970. The van der Waals surface area contributed by atoms with Crippen LogP contribution in [0.25, 0.3) is 0 Å². The number of ether oxygens (including phenoxy) is 1. The Kier molecular flexibility index (Phi) is 2.66. The van der Waals surface area contributed by atoms with E-state index in [2.05, 4.69) is 4.74 Å². The van der Waals surface area contributed by atoms with Gasteiger partial charge in [0.25, 0.3) is 0 Å². The quantitative estimate of drug-likeness (QED) is 0.695. The van der Waals surface area contributed by atoms with Crippen molar-refractivity contribution in [1.29, 1.82) is 0 Å². The molecule has 0 heterocycles. The van der Waals surface area contributed by atoms with Crippen LogP contribution < -0.4 is 0 Å². The van der Waals surface area contributed by atoms with Crippen molar-refractivity contribution >= 4 is 0 Å². The minimum atomic E-state index is -4.63. The van der Waals surface area contributed by atoms with Crippen molar-refractivity contribution in [3.63, 3.8) is 0 Å². The number of rotatable bonds is 1. The monoisotopic (exact) mass is 194 g/mol. The van der Waals surface area contributed by atoms with E-state index in [1.165, 1.54) is 25.2 Å². The SMILES string of the molecule is CC1C=C(O)C=CC1OC(F)(F)F. The molecule has 0 bridgehead atoms. The van der Waals surface area contributed by atoms with E-state index in [-0.39, 0.29) is 5.76 Å². The third kappa shape index (κ3) is 3.10. The minimum absolute atomic E-state index is 0.0328. The van der Waals surface area contributed by atoms with E-state index in [1.54, 1.807) is 0 Å². The van der Waals surface area contributed by atoms with E-state index in [9.17, 15) is 13.2 Å². The summed E-state index contributed by atoms with van der Waals surface area (Å²) in [7, 11) is 0. The summed E-state index contributed by atoms with van der Waals surface area (Å²) in [5.41, 5.74) is 0. The average molecular weight is 194 g/mol. The average Bonchev–Trinajstić information content (AvgIpc) is 1.93. The second kappa shape index (κ2) is 3.41. The summed E-state index contributed by atoms with van der Waals surface area (Å²) in [4.78, 5) is 0. The molecule has 13 heavy (non-hydrogen) atoms. The van der Waals surface area contributed by atoms with E-state index in [1.807, 2.05) is 0 Å². The first-order chi connectivity index (χ1) is 5.88. The summed E-state index contributed by atoms with van der Waals surface area (Å²) >= 11 is 0. The van der Waals surface area contributed by atoms with Crippen LogP contribution in [0, 0.1) is 5.92 Å². The molecule has 1 N–H and O–H groups in total. The molecule has 5 heteroatoms. The molecule has 0 spiro atoms. The van der Waals surface area contributed by atoms with Crippen LogP contribution in [0.15, 0.2) is 24.0 Å². The van der Waals surface area contributed by atoms with Crippen molar-refractivity contribution in [2.24, 2.45) is 5.92 Å². The minimum Gasteiger partial charge on any atom is -0.508 e. The summed E-state index contributed by atoms with van der Waals surface area (Å²) in [5, 5.41) is 8.93. The van der Waals surface area contributed by atoms with E-state index >= 15 is 0 Å². The van der Waals surface area contributed by atoms with Crippen LogP contribution in [-0.4, -0.2) is 17.6 Å². The molecular weight excluding hydrogens is 185 g/mol. The molecule has 2 nitrogen and oxygen atoms in total. The second-order valence-electron chi connectivity index (χ2n) is 2.84. The van der Waals surface area contributed by atoms with Crippen LogP contribution in [0.2, 0.25) is 0 Å². The van der Waals surface area contributed by atoms with Crippen molar-refractivity contribution in [2.45, 2.75) is 19.4 Å². The highest BCUT2D eigenvalue weighted by Gasteiger charge is 2.35. The van der Waals surface area contributed by atoms with Crippen LogP contribution >= 0.6 is 0 Å². The molecule has 1 aliphatic rings. The van der Waals surface area contributed by atoms with Gasteiger partial charge in [-0.05, 0) is 12.2 Å². The van der Waals surface area contributed by atoms with Gasteiger partial charge >= 0.3 is 6.36 Å². The fourth-order valence-electron chi connectivity index (χ4n) is 1.09. The Morgan fingerprint density at radius 2 is 2.08 bits per heavy atom. The first-order valence-corrected chi connectivity index (χ1v) is 3.72. The Morgan fingerprint density at radius 1 is 1.46 bits per heavy atom. The van der Waals surface area contributed by atoms with Crippen LogP contribution in [0.4, 0.5) is 13.2 Å². The Bertz CT molecular complexity index is 242. The first-order valence-electron chi connectivity index (χ1n) is 3.72. The molecule has 74 valence electrons. The van der Waals surface area contributed by atoms with Crippen molar-refractivity contribution in [3.8, 4) is 0 Å². The Labute approximate surface area is 73.3 Å². The van der Waals surface area contributed by atoms with Crippen molar-refractivity contribution in [3.05, 3.63) is 24.0 Å². The van der Waals surface area contributed by atoms with E-state index < -0.39 is 18.4 Å². The molecule has 2 unspecified atom stereocenters. The van der Waals surface area contributed by atoms with Crippen LogP contribution in [0.3, 0.4) is 0 Å². The first kappa shape index (κ1) is 10.1. The van der Waals surface area contributed by atoms with E-state index in [0.29, 0.717) is 0 Å². The van der Waals surface area contributed by atoms with Gasteiger partial charge in [0.2, 0.25) is 0 Å². The van der Waals surface area contributed by atoms with E-state index in [0.717, 1.165) is 0 Å². The number of halogens is 3. The Balaban J connectivity index is 2.60. The predicted octanol–water partition coefficient (Wildman–Crippen LogP) is 2.54. The lowest BCUT2D eigenvalue weighted by atomic mass is 9.99. The number of hydrogen-bond donors (Lipinski definition) is 1. The molecule has 1 aliphatic carbocycles. The smallest absolute Gasteiger partial charge is 0.508 e. The van der Waals surface area contributed by atoms with Gasteiger partial charge in [-0.3, -0.25) is 4.74 Å². The summed E-state index contributed by atoms with van der Waals surface area (Å²) in [6.45, 7) is 1.54. The van der Waals surface area contributed by atoms with Gasteiger partial charge in [-0.2, -0.15) is 0 Å². The van der Waals surface area contributed by atoms with Gasteiger partial charge in [0, 0.05) is 5.92 Å². The molecular formula is C8H9F3O2. The molecule has 0 aromatic rings. The molecule has 0 aromatic heterocycles. The van der Waals surface area contributed by atoms with Gasteiger partial charge in [0.15, 0.2) is 0 Å². The molecule has 0 fully saturated rings. The summed E-state index contributed by atoms with van der Waals surface area (Å²) in [6.07, 6.45) is -1.99. The predicted molar refractivity (Wildman–Crippen MR) is 39.9 cm³/mol. The zero-order valence-electron chi connectivity index (χ0n) is 6.88. The van der Waals surface area contributed by atoms with E-state index in [4.69, 9.17) is 5.11 Å². The third-order valence-electron chi connectivity index (χ3n) is 1.68. The van der Waals surface area contributed by atoms with Crippen LogP contribution in [0.5, 0.6) is 0 Å². The topological polar surface area (TPSA) is 29.5 Å². The zero-order valence-corrected chi connectivity index (χ0v) is 6.88. The van der Waals surface area contributed by atoms with Gasteiger partial charge in [-0.15, -0.1) is 13.2 Å². The molecule has 0 saturated carbocycles. The van der Waals surface area contributed by atoms with Crippen molar-refractivity contribution in [2.75, 3.05) is 0 Å². The molecule has 0 radical (unpaired) electrons. The van der Waals surface area contributed by atoms with Crippen molar-refractivity contribution < 1.29 is 23.0 Å². The number of allylic oxidation sites excluding steroid dienone is 1. The highest BCUT2D eigenvalue weighted by atomic mass is 19.4. The normalized spacial score (nSPS) is 28.8. The Morgan fingerprint density at radius 3 is 2.54 bits per heavy atom. The maximum Gasteiger partial charge on any atom is 0.523 e.